The van der Waals surface area contributed by atoms with E-state index in [0.29, 0.717) is 0 Å². The molecule has 1 aromatic carbocycles. The number of alkyl halides is 3. The van der Waals surface area contributed by atoms with E-state index < -0.39 is 41.3 Å². The summed E-state index contributed by atoms with van der Waals surface area (Å²) < 4.78 is 38.5. The molecule has 0 radical (unpaired) electrons. The molecule has 0 aliphatic carbocycles. The van der Waals surface area contributed by atoms with Crippen molar-refractivity contribution in [1.82, 2.24) is 10.2 Å². The normalized spacial score (nSPS) is 12.0. The minimum atomic E-state index is -4.66. The van der Waals surface area contributed by atoms with Gasteiger partial charge in [0.25, 0.3) is 5.91 Å². The predicted octanol–water partition coefficient (Wildman–Crippen LogP) is 1.66. The number of hydrogen-bond acceptors (Lipinski definition) is 3. The maximum atomic E-state index is 12.8. The fourth-order valence-corrected chi connectivity index (χ4v) is 1.98. The van der Waals surface area contributed by atoms with Gasteiger partial charge in [0.1, 0.15) is 0 Å². The summed E-state index contributed by atoms with van der Waals surface area (Å²) in [5.74, 6) is -1.51. The molecular weight excluding hydrogens is 313 g/mol. The molecule has 0 atom stereocenters. The molecule has 0 aliphatic heterocycles. The maximum absolute atomic E-state index is 12.8. The van der Waals surface area contributed by atoms with Crippen LogP contribution in [0.25, 0.3) is 0 Å². The Kier molecular flexibility index (Phi) is 5.76. The third-order valence-corrected chi connectivity index (χ3v) is 2.93. The van der Waals surface area contributed by atoms with Gasteiger partial charge in [0.15, 0.2) is 0 Å². The smallest absolute Gasteiger partial charge is 0.389 e. The summed E-state index contributed by atoms with van der Waals surface area (Å²) in [5.41, 5.74) is -2.72. The summed E-state index contributed by atoms with van der Waals surface area (Å²) >= 11 is 0. The maximum Gasteiger partial charge on any atom is 0.417 e. The van der Waals surface area contributed by atoms with Gasteiger partial charge in [-0.2, -0.15) is 13.2 Å². The SMILES string of the molecule is CN(CC(C)(C)O)C(=O)CNC(=O)c1ccccc1C(F)(F)F. The Hall–Kier alpha value is -2.09. The summed E-state index contributed by atoms with van der Waals surface area (Å²) in [4.78, 5) is 24.9. The van der Waals surface area contributed by atoms with Crippen molar-refractivity contribution in [3.05, 3.63) is 35.4 Å². The fourth-order valence-electron chi connectivity index (χ4n) is 1.98. The van der Waals surface area contributed by atoms with E-state index in [9.17, 15) is 27.9 Å². The Balaban J connectivity index is 2.74. The van der Waals surface area contributed by atoms with Crippen LogP contribution < -0.4 is 5.32 Å². The Morgan fingerprint density at radius 3 is 2.30 bits per heavy atom. The summed E-state index contributed by atoms with van der Waals surface area (Å²) in [7, 11) is 1.43. The zero-order valence-electron chi connectivity index (χ0n) is 13.1. The molecule has 1 rings (SSSR count). The standard InChI is InChI=1S/C15H19F3N2O3/c1-14(2,23)9-20(3)12(21)8-19-13(22)10-6-4-5-7-11(10)15(16,17)18/h4-7,23H,8-9H2,1-3H3,(H,19,22). The number of halogens is 3. The average molecular weight is 332 g/mol. The zero-order valence-corrected chi connectivity index (χ0v) is 13.1. The van der Waals surface area contributed by atoms with Crippen LogP contribution in [0.2, 0.25) is 0 Å². The number of benzene rings is 1. The molecule has 5 nitrogen and oxygen atoms in total. The summed E-state index contributed by atoms with van der Waals surface area (Å²) in [6, 6.07) is 4.34. The molecule has 0 unspecified atom stereocenters. The number of nitrogens with one attached hydrogen (secondary N) is 1. The molecule has 0 fully saturated rings. The minimum Gasteiger partial charge on any atom is -0.389 e. The molecule has 23 heavy (non-hydrogen) atoms. The quantitative estimate of drug-likeness (QED) is 0.862. The topological polar surface area (TPSA) is 69.6 Å². The van der Waals surface area contributed by atoms with E-state index in [4.69, 9.17) is 0 Å². The molecule has 0 saturated heterocycles. The Bertz CT molecular complexity index is 580. The number of nitrogens with zero attached hydrogens (tertiary/aromatic N) is 1. The number of amides is 2. The second-order valence-electron chi connectivity index (χ2n) is 5.79. The van der Waals surface area contributed by atoms with Crippen molar-refractivity contribution >= 4 is 11.8 Å². The van der Waals surface area contributed by atoms with E-state index in [1.165, 1.54) is 37.9 Å². The van der Waals surface area contributed by atoms with Gasteiger partial charge in [-0.3, -0.25) is 9.59 Å². The lowest BCUT2D eigenvalue weighted by Crippen LogP contribution is -2.44. The van der Waals surface area contributed by atoms with Crippen LogP contribution in [-0.2, 0) is 11.0 Å². The number of likely N-dealkylation sites (N-methyl/N-ethyl adjacent to an activating group) is 1. The van der Waals surface area contributed by atoms with Crippen molar-refractivity contribution in [1.29, 1.82) is 0 Å². The second kappa shape index (κ2) is 6.99. The van der Waals surface area contributed by atoms with Crippen LogP contribution in [0.1, 0.15) is 29.8 Å². The molecule has 8 heteroatoms. The first-order valence-corrected chi connectivity index (χ1v) is 6.82. The second-order valence-corrected chi connectivity index (χ2v) is 5.79. The largest absolute Gasteiger partial charge is 0.417 e. The molecule has 1 aromatic rings. The van der Waals surface area contributed by atoms with Gasteiger partial charge in [-0.1, -0.05) is 12.1 Å². The van der Waals surface area contributed by atoms with E-state index in [1.54, 1.807) is 0 Å². The first-order chi connectivity index (χ1) is 10.4. The molecule has 128 valence electrons. The predicted molar refractivity (Wildman–Crippen MR) is 77.7 cm³/mol. The van der Waals surface area contributed by atoms with Crippen LogP contribution in [0.4, 0.5) is 13.2 Å². The molecule has 0 bridgehead atoms. The van der Waals surface area contributed by atoms with Crippen molar-refractivity contribution in [3.8, 4) is 0 Å². The summed E-state index contributed by atoms with van der Waals surface area (Å²) in [6.45, 7) is 2.59. The zero-order chi connectivity index (χ0) is 17.8. The van der Waals surface area contributed by atoms with Crippen molar-refractivity contribution in [3.63, 3.8) is 0 Å². The van der Waals surface area contributed by atoms with Gasteiger partial charge in [-0.25, -0.2) is 0 Å². The molecule has 0 aliphatic rings. The molecule has 0 aromatic heterocycles. The molecular formula is C15H19F3N2O3. The molecule has 0 spiro atoms. The van der Waals surface area contributed by atoms with Crippen LogP contribution in [0, 0.1) is 0 Å². The van der Waals surface area contributed by atoms with E-state index in [0.717, 1.165) is 12.1 Å². The molecule has 0 heterocycles. The van der Waals surface area contributed by atoms with E-state index in [1.807, 2.05) is 0 Å². The number of hydrogen-bond donors (Lipinski definition) is 2. The highest BCUT2D eigenvalue weighted by molar-refractivity contribution is 5.97. The highest BCUT2D eigenvalue weighted by Gasteiger charge is 2.34. The van der Waals surface area contributed by atoms with Gasteiger partial charge in [-0.05, 0) is 26.0 Å². The van der Waals surface area contributed by atoms with Gasteiger partial charge in [0.05, 0.1) is 23.3 Å². The third-order valence-electron chi connectivity index (χ3n) is 2.93. The highest BCUT2D eigenvalue weighted by Crippen LogP contribution is 2.31. The van der Waals surface area contributed by atoms with Crippen molar-refractivity contribution in [2.45, 2.75) is 25.6 Å². The Morgan fingerprint density at radius 1 is 1.22 bits per heavy atom. The van der Waals surface area contributed by atoms with E-state index in [-0.39, 0.29) is 6.54 Å². The minimum absolute atomic E-state index is 0.0286. The lowest BCUT2D eigenvalue weighted by Gasteiger charge is -2.25. The first kappa shape index (κ1) is 19.0. The third kappa shape index (κ3) is 5.90. The van der Waals surface area contributed by atoms with Gasteiger partial charge >= 0.3 is 6.18 Å². The number of rotatable bonds is 5. The van der Waals surface area contributed by atoms with Crippen LogP contribution in [0.3, 0.4) is 0 Å². The molecule has 2 amide bonds. The van der Waals surface area contributed by atoms with Crippen LogP contribution >= 0.6 is 0 Å². The Labute approximate surface area is 132 Å². The van der Waals surface area contributed by atoms with Crippen LogP contribution in [0.5, 0.6) is 0 Å². The number of aliphatic hydroxyl groups is 1. The first-order valence-electron chi connectivity index (χ1n) is 6.82. The molecule has 0 saturated carbocycles. The lowest BCUT2D eigenvalue weighted by molar-refractivity contribution is -0.137. The van der Waals surface area contributed by atoms with Gasteiger partial charge in [0, 0.05) is 13.6 Å². The lowest BCUT2D eigenvalue weighted by atomic mass is 10.1. The number of carbonyl (C=O) groups excluding carboxylic acids is 2. The van der Waals surface area contributed by atoms with Gasteiger partial charge in [0.2, 0.25) is 5.91 Å². The van der Waals surface area contributed by atoms with Crippen molar-refractivity contribution in [2.24, 2.45) is 0 Å². The highest BCUT2D eigenvalue weighted by atomic mass is 19.4. The fraction of sp³-hybridized carbons (Fsp3) is 0.467. The van der Waals surface area contributed by atoms with Crippen LogP contribution in [-0.4, -0.2) is 47.6 Å². The average Bonchev–Trinajstić information content (AvgIpc) is 2.41. The summed E-state index contributed by atoms with van der Waals surface area (Å²) in [5, 5.41) is 11.8. The van der Waals surface area contributed by atoms with Gasteiger partial charge < -0.3 is 15.3 Å². The van der Waals surface area contributed by atoms with Crippen molar-refractivity contribution in [2.75, 3.05) is 20.1 Å². The Morgan fingerprint density at radius 2 is 1.78 bits per heavy atom. The van der Waals surface area contributed by atoms with E-state index in [2.05, 4.69) is 5.32 Å². The van der Waals surface area contributed by atoms with Crippen LogP contribution in [0.15, 0.2) is 24.3 Å². The monoisotopic (exact) mass is 332 g/mol. The summed E-state index contributed by atoms with van der Waals surface area (Å²) in [6.07, 6.45) is -4.66. The number of carbonyl (C=O) groups is 2. The van der Waals surface area contributed by atoms with Crippen molar-refractivity contribution < 1.29 is 27.9 Å². The van der Waals surface area contributed by atoms with E-state index >= 15 is 0 Å². The van der Waals surface area contributed by atoms with Gasteiger partial charge in [-0.15, -0.1) is 0 Å². The molecule has 2 N–H and O–H groups in total.